The van der Waals surface area contributed by atoms with Gasteiger partial charge < -0.3 is 10.2 Å². The number of halogens is 1. The number of hydrogen-bond donors (Lipinski definition) is 3. The van der Waals surface area contributed by atoms with E-state index in [1.165, 1.54) is 0 Å². The Balaban J connectivity index is 2.29. The topological polar surface area (TPSA) is 79.1 Å². The second kappa shape index (κ2) is 7.85. The standard InChI is InChI=1S/C12H23FN6/c1-9(2)19(3)7-5-4-6-15-11-10(13)8-16-12(17-11)18-14/h8-9H,4-7,14H2,1-3H3,(H2,15,16,17,18). The highest BCUT2D eigenvalue weighted by Gasteiger charge is 2.06. The van der Waals surface area contributed by atoms with Gasteiger partial charge in [0.25, 0.3) is 0 Å². The van der Waals surface area contributed by atoms with E-state index in [4.69, 9.17) is 5.84 Å². The predicted octanol–water partition coefficient (Wildman–Crippen LogP) is 1.43. The van der Waals surface area contributed by atoms with Crippen molar-refractivity contribution >= 4 is 11.8 Å². The van der Waals surface area contributed by atoms with Crippen LogP contribution >= 0.6 is 0 Å². The van der Waals surface area contributed by atoms with Crippen LogP contribution in [0.5, 0.6) is 0 Å². The Labute approximate surface area is 113 Å². The van der Waals surface area contributed by atoms with Crippen molar-refractivity contribution in [2.24, 2.45) is 5.84 Å². The van der Waals surface area contributed by atoms with Crippen molar-refractivity contribution in [3.63, 3.8) is 0 Å². The fourth-order valence-electron chi connectivity index (χ4n) is 1.51. The summed E-state index contributed by atoms with van der Waals surface area (Å²) in [6, 6.07) is 0.547. The molecule has 1 aromatic heterocycles. The van der Waals surface area contributed by atoms with Gasteiger partial charge in [-0.25, -0.2) is 15.2 Å². The lowest BCUT2D eigenvalue weighted by Crippen LogP contribution is -2.27. The summed E-state index contributed by atoms with van der Waals surface area (Å²) in [4.78, 5) is 9.86. The Morgan fingerprint density at radius 1 is 1.42 bits per heavy atom. The van der Waals surface area contributed by atoms with Crippen LogP contribution in [0.2, 0.25) is 0 Å². The van der Waals surface area contributed by atoms with Crippen LogP contribution in [0.15, 0.2) is 6.20 Å². The van der Waals surface area contributed by atoms with Crippen LogP contribution in [-0.2, 0) is 0 Å². The van der Waals surface area contributed by atoms with Crippen molar-refractivity contribution in [1.82, 2.24) is 14.9 Å². The second-order valence-corrected chi connectivity index (χ2v) is 4.74. The second-order valence-electron chi connectivity index (χ2n) is 4.74. The van der Waals surface area contributed by atoms with Crippen molar-refractivity contribution in [3.8, 4) is 0 Å². The Hall–Kier alpha value is -1.47. The van der Waals surface area contributed by atoms with E-state index in [0.717, 1.165) is 25.6 Å². The predicted molar refractivity (Wildman–Crippen MR) is 75.3 cm³/mol. The first-order valence-corrected chi connectivity index (χ1v) is 6.48. The molecule has 19 heavy (non-hydrogen) atoms. The molecule has 0 saturated heterocycles. The number of nitrogens with two attached hydrogens (primary N) is 1. The van der Waals surface area contributed by atoms with Gasteiger partial charge in [0.2, 0.25) is 5.95 Å². The zero-order valence-electron chi connectivity index (χ0n) is 11.8. The van der Waals surface area contributed by atoms with Crippen LogP contribution in [0.1, 0.15) is 26.7 Å². The Morgan fingerprint density at radius 2 is 2.16 bits per heavy atom. The number of rotatable bonds is 8. The third-order valence-electron chi connectivity index (χ3n) is 2.98. The van der Waals surface area contributed by atoms with E-state index in [1.54, 1.807) is 0 Å². The zero-order valence-corrected chi connectivity index (χ0v) is 11.8. The van der Waals surface area contributed by atoms with Crippen LogP contribution in [0.25, 0.3) is 0 Å². The number of hydrazine groups is 1. The monoisotopic (exact) mass is 270 g/mol. The minimum absolute atomic E-state index is 0.181. The van der Waals surface area contributed by atoms with Crippen molar-refractivity contribution in [2.75, 3.05) is 30.9 Å². The normalized spacial score (nSPS) is 11.1. The molecular weight excluding hydrogens is 247 g/mol. The molecule has 1 heterocycles. The van der Waals surface area contributed by atoms with Crippen molar-refractivity contribution in [2.45, 2.75) is 32.7 Å². The average molecular weight is 270 g/mol. The summed E-state index contributed by atoms with van der Waals surface area (Å²) in [5.41, 5.74) is 2.29. The summed E-state index contributed by atoms with van der Waals surface area (Å²) in [5.74, 6) is 5.08. The van der Waals surface area contributed by atoms with Gasteiger partial charge in [-0.05, 0) is 40.3 Å². The number of unbranched alkanes of at least 4 members (excludes halogenated alkanes) is 1. The van der Waals surface area contributed by atoms with Gasteiger partial charge in [-0.15, -0.1) is 0 Å². The molecule has 0 aromatic carbocycles. The summed E-state index contributed by atoms with van der Waals surface area (Å²) in [6.07, 6.45) is 3.10. The molecule has 0 unspecified atom stereocenters. The van der Waals surface area contributed by atoms with Crippen molar-refractivity contribution < 1.29 is 4.39 Å². The van der Waals surface area contributed by atoms with Gasteiger partial charge in [-0.1, -0.05) is 0 Å². The van der Waals surface area contributed by atoms with Gasteiger partial charge in [-0.3, -0.25) is 5.43 Å². The SMILES string of the molecule is CC(C)N(C)CCCCNc1nc(NN)ncc1F. The van der Waals surface area contributed by atoms with E-state index in [1.807, 2.05) is 0 Å². The lowest BCUT2D eigenvalue weighted by molar-refractivity contribution is 0.269. The maximum atomic E-state index is 13.4. The minimum Gasteiger partial charge on any atom is -0.367 e. The molecule has 108 valence electrons. The first-order valence-electron chi connectivity index (χ1n) is 6.48. The highest BCUT2D eigenvalue weighted by Crippen LogP contribution is 2.11. The van der Waals surface area contributed by atoms with E-state index < -0.39 is 5.82 Å². The van der Waals surface area contributed by atoms with Gasteiger partial charge in [0.1, 0.15) is 0 Å². The molecule has 0 bridgehead atoms. The molecule has 0 fully saturated rings. The molecule has 0 aliphatic carbocycles. The van der Waals surface area contributed by atoms with E-state index in [0.29, 0.717) is 12.6 Å². The molecule has 0 amide bonds. The third-order valence-corrected chi connectivity index (χ3v) is 2.98. The lowest BCUT2D eigenvalue weighted by Gasteiger charge is -2.20. The van der Waals surface area contributed by atoms with E-state index in [2.05, 4.69) is 46.5 Å². The molecule has 1 rings (SSSR count). The van der Waals surface area contributed by atoms with E-state index in [9.17, 15) is 4.39 Å². The summed E-state index contributed by atoms with van der Waals surface area (Å²) < 4.78 is 13.4. The Kier molecular flexibility index (Phi) is 6.44. The quantitative estimate of drug-likeness (QED) is 0.377. The molecule has 7 heteroatoms. The third kappa shape index (κ3) is 5.35. The van der Waals surface area contributed by atoms with Crippen LogP contribution in [0.3, 0.4) is 0 Å². The van der Waals surface area contributed by atoms with Crippen LogP contribution < -0.4 is 16.6 Å². The summed E-state index contributed by atoms with van der Waals surface area (Å²) >= 11 is 0. The minimum atomic E-state index is -0.474. The molecule has 0 radical (unpaired) electrons. The number of nitrogens with zero attached hydrogens (tertiary/aromatic N) is 3. The molecule has 6 nitrogen and oxygen atoms in total. The van der Waals surface area contributed by atoms with Crippen LogP contribution in [-0.4, -0.2) is 41.0 Å². The molecule has 0 atom stereocenters. The summed E-state index contributed by atoms with van der Waals surface area (Å²) in [7, 11) is 2.10. The first-order chi connectivity index (χ1) is 9.04. The molecule has 0 saturated carbocycles. The van der Waals surface area contributed by atoms with Crippen LogP contribution in [0, 0.1) is 5.82 Å². The summed E-state index contributed by atoms with van der Waals surface area (Å²) in [5, 5.41) is 2.95. The fourth-order valence-corrected chi connectivity index (χ4v) is 1.51. The van der Waals surface area contributed by atoms with Gasteiger partial charge in [0.05, 0.1) is 6.20 Å². The molecule has 0 aliphatic heterocycles. The number of nitrogens with one attached hydrogen (secondary N) is 2. The van der Waals surface area contributed by atoms with Gasteiger partial charge in [-0.2, -0.15) is 4.98 Å². The highest BCUT2D eigenvalue weighted by atomic mass is 19.1. The number of anilines is 2. The fraction of sp³-hybridized carbons (Fsp3) is 0.667. The highest BCUT2D eigenvalue weighted by molar-refractivity contribution is 5.40. The number of hydrogen-bond acceptors (Lipinski definition) is 6. The summed E-state index contributed by atoms with van der Waals surface area (Å²) in [6.45, 7) is 6.02. The lowest BCUT2D eigenvalue weighted by atomic mass is 10.2. The largest absolute Gasteiger partial charge is 0.367 e. The van der Waals surface area contributed by atoms with Gasteiger partial charge >= 0.3 is 0 Å². The maximum absolute atomic E-state index is 13.4. The Bertz CT molecular complexity index is 384. The first kappa shape index (κ1) is 15.6. The molecule has 1 aromatic rings. The Morgan fingerprint density at radius 3 is 2.79 bits per heavy atom. The van der Waals surface area contributed by atoms with E-state index in [-0.39, 0.29) is 11.8 Å². The molecule has 0 spiro atoms. The number of aromatic nitrogens is 2. The average Bonchev–Trinajstić information content (AvgIpc) is 2.39. The smallest absolute Gasteiger partial charge is 0.239 e. The molecule has 4 N–H and O–H groups in total. The van der Waals surface area contributed by atoms with E-state index >= 15 is 0 Å². The van der Waals surface area contributed by atoms with Crippen LogP contribution in [0.4, 0.5) is 16.2 Å². The van der Waals surface area contributed by atoms with Crippen molar-refractivity contribution in [3.05, 3.63) is 12.0 Å². The van der Waals surface area contributed by atoms with Gasteiger partial charge in [0.15, 0.2) is 11.6 Å². The van der Waals surface area contributed by atoms with Crippen molar-refractivity contribution in [1.29, 1.82) is 0 Å². The molecule has 0 aliphatic rings. The maximum Gasteiger partial charge on any atom is 0.239 e. The number of nitrogen functional groups attached to an aromatic ring is 1. The zero-order chi connectivity index (χ0) is 14.3. The molecular formula is C12H23FN6. The van der Waals surface area contributed by atoms with Gasteiger partial charge in [0, 0.05) is 12.6 Å².